The summed E-state index contributed by atoms with van der Waals surface area (Å²) in [5.74, 6) is -1.93. The fraction of sp³-hybridized carbons (Fsp3) is 0.909. The molecular weight excluding hydrogens is 235 g/mol. The fourth-order valence-electron chi connectivity index (χ4n) is 2.29. The van der Waals surface area contributed by atoms with Crippen LogP contribution in [0.4, 0.5) is 13.2 Å². The third-order valence-electron chi connectivity index (χ3n) is 3.32. The second kappa shape index (κ2) is 5.71. The number of alkyl halides is 3. The normalized spacial score (nSPS) is 20.4. The molecule has 1 unspecified atom stereocenters. The van der Waals surface area contributed by atoms with E-state index in [-0.39, 0.29) is 12.5 Å². The maximum Gasteiger partial charge on any atom is 0.394 e. The van der Waals surface area contributed by atoms with Crippen LogP contribution in [0.5, 0.6) is 0 Å². The summed E-state index contributed by atoms with van der Waals surface area (Å²) in [6.45, 7) is 1.97. The second-order valence-corrected chi connectivity index (χ2v) is 4.45. The second-order valence-electron chi connectivity index (χ2n) is 4.45. The molecule has 1 aliphatic heterocycles. The number of nitrogens with zero attached hydrogens (tertiary/aromatic N) is 1. The molecule has 6 heteroatoms. The molecule has 0 saturated carbocycles. The minimum atomic E-state index is -4.22. The Morgan fingerprint density at radius 3 is 2.29 bits per heavy atom. The first kappa shape index (κ1) is 14.3. The average Bonchev–Trinajstić information content (AvgIpc) is 2.24. The van der Waals surface area contributed by atoms with Gasteiger partial charge in [-0.2, -0.15) is 13.2 Å². The van der Waals surface area contributed by atoms with Gasteiger partial charge in [-0.3, -0.25) is 4.79 Å². The molecule has 0 spiro atoms. The summed E-state index contributed by atoms with van der Waals surface area (Å²) in [4.78, 5) is 12.7. The summed E-state index contributed by atoms with van der Waals surface area (Å²) in [6, 6.07) is 0. The lowest BCUT2D eigenvalue weighted by molar-refractivity contribution is -0.204. The van der Waals surface area contributed by atoms with Crippen LogP contribution in [0.3, 0.4) is 0 Å². The summed E-state index contributed by atoms with van der Waals surface area (Å²) in [6.07, 6.45) is -3.43. The van der Waals surface area contributed by atoms with Crippen molar-refractivity contribution in [3.05, 3.63) is 0 Å². The van der Waals surface area contributed by atoms with E-state index < -0.39 is 18.0 Å². The van der Waals surface area contributed by atoms with E-state index in [2.05, 4.69) is 4.74 Å². The van der Waals surface area contributed by atoms with Crippen molar-refractivity contribution in [2.45, 2.75) is 25.9 Å². The lowest BCUT2D eigenvalue weighted by atomic mass is 9.84. The van der Waals surface area contributed by atoms with Crippen molar-refractivity contribution in [3.63, 3.8) is 0 Å². The molecule has 0 N–H and O–H groups in total. The Morgan fingerprint density at radius 1 is 1.41 bits per heavy atom. The van der Waals surface area contributed by atoms with Crippen LogP contribution in [0, 0.1) is 11.8 Å². The Morgan fingerprint density at radius 2 is 1.94 bits per heavy atom. The van der Waals surface area contributed by atoms with E-state index in [9.17, 15) is 18.0 Å². The molecule has 0 aromatic heterocycles. The Kier molecular flexibility index (Phi) is 4.80. The van der Waals surface area contributed by atoms with E-state index in [4.69, 9.17) is 0 Å². The quantitative estimate of drug-likeness (QED) is 0.770. The zero-order chi connectivity index (χ0) is 13.1. The van der Waals surface area contributed by atoms with Gasteiger partial charge in [-0.15, -0.1) is 0 Å². The highest BCUT2D eigenvalue weighted by Gasteiger charge is 2.45. The van der Waals surface area contributed by atoms with E-state index >= 15 is 0 Å². The van der Waals surface area contributed by atoms with Crippen LogP contribution in [0.15, 0.2) is 0 Å². The van der Waals surface area contributed by atoms with Crippen molar-refractivity contribution in [3.8, 4) is 0 Å². The molecule has 1 atom stereocenters. The molecule has 1 amide bonds. The maximum atomic E-state index is 12.8. The SMILES string of the molecule is COCC(C1CCN(C(C)=O)CC1)C(F)(F)F. The first-order valence-electron chi connectivity index (χ1n) is 5.67. The number of likely N-dealkylation sites (tertiary alicyclic amines) is 1. The van der Waals surface area contributed by atoms with Crippen LogP contribution in [0.2, 0.25) is 0 Å². The summed E-state index contributed by atoms with van der Waals surface area (Å²) in [7, 11) is 1.28. The van der Waals surface area contributed by atoms with Crippen molar-refractivity contribution in [1.82, 2.24) is 4.90 Å². The molecular formula is C11H18F3NO2. The predicted octanol–water partition coefficient (Wildman–Crippen LogP) is 2.07. The van der Waals surface area contributed by atoms with Crippen LogP contribution in [0.25, 0.3) is 0 Å². The minimum Gasteiger partial charge on any atom is -0.384 e. The molecule has 3 nitrogen and oxygen atoms in total. The van der Waals surface area contributed by atoms with Crippen LogP contribution < -0.4 is 0 Å². The Labute approximate surface area is 98.9 Å². The number of carbonyl (C=O) groups is 1. The van der Waals surface area contributed by atoms with Gasteiger partial charge in [0, 0.05) is 27.1 Å². The van der Waals surface area contributed by atoms with Gasteiger partial charge in [-0.05, 0) is 18.8 Å². The van der Waals surface area contributed by atoms with Crippen LogP contribution in [-0.4, -0.2) is 43.8 Å². The van der Waals surface area contributed by atoms with Gasteiger partial charge in [-0.1, -0.05) is 0 Å². The molecule has 1 saturated heterocycles. The predicted molar refractivity (Wildman–Crippen MR) is 56.4 cm³/mol. The lowest BCUT2D eigenvalue weighted by Gasteiger charge is -2.36. The Bertz CT molecular complexity index is 260. The van der Waals surface area contributed by atoms with Gasteiger partial charge in [0.15, 0.2) is 0 Å². The fourth-order valence-corrected chi connectivity index (χ4v) is 2.29. The van der Waals surface area contributed by atoms with Crippen LogP contribution in [0.1, 0.15) is 19.8 Å². The summed E-state index contributed by atoms with van der Waals surface area (Å²) >= 11 is 0. The zero-order valence-electron chi connectivity index (χ0n) is 10.1. The third kappa shape index (κ3) is 3.87. The first-order chi connectivity index (χ1) is 7.86. The van der Waals surface area contributed by atoms with Gasteiger partial charge in [0.25, 0.3) is 0 Å². The highest BCUT2D eigenvalue weighted by atomic mass is 19.4. The number of hydrogen-bond donors (Lipinski definition) is 0. The number of methoxy groups -OCH3 is 1. The topological polar surface area (TPSA) is 29.5 Å². The largest absolute Gasteiger partial charge is 0.394 e. The average molecular weight is 253 g/mol. The molecule has 17 heavy (non-hydrogen) atoms. The van der Waals surface area contributed by atoms with Crippen LogP contribution >= 0.6 is 0 Å². The van der Waals surface area contributed by atoms with Crippen molar-refractivity contribution in [1.29, 1.82) is 0 Å². The molecule has 0 bridgehead atoms. The molecule has 1 aliphatic rings. The monoisotopic (exact) mass is 253 g/mol. The smallest absolute Gasteiger partial charge is 0.384 e. The summed E-state index contributed by atoms with van der Waals surface area (Å²) in [5, 5.41) is 0. The number of amides is 1. The Balaban J connectivity index is 2.58. The van der Waals surface area contributed by atoms with Gasteiger partial charge in [-0.25, -0.2) is 0 Å². The molecule has 1 rings (SSSR count). The number of carbonyl (C=O) groups excluding carboxylic acids is 1. The van der Waals surface area contributed by atoms with Crippen molar-refractivity contribution in [2.75, 3.05) is 26.8 Å². The van der Waals surface area contributed by atoms with Crippen molar-refractivity contribution >= 4 is 5.91 Å². The number of ether oxygens (including phenoxy) is 1. The van der Waals surface area contributed by atoms with Crippen molar-refractivity contribution < 1.29 is 22.7 Å². The minimum absolute atomic E-state index is 0.0706. The lowest BCUT2D eigenvalue weighted by Crippen LogP contribution is -2.43. The van der Waals surface area contributed by atoms with Gasteiger partial charge in [0.1, 0.15) is 0 Å². The van der Waals surface area contributed by atoms with E-state index in [1.807, 2.05) is 0 Å². The van der Waals surface area contributed by atoms with Gasteiger partial charge in [0.2, 0.25) is 5.91 Å². The molecule has 1 heterocycles. The molecule has 100 valence electrons. The highest BCUT2D eigenvalue weighted by molar-refractivity contribution is 5.73. The summed E-state index contributed by atoms with van der Waals surface area (Å²) in [5.41, 5.74) is 0. The molecule has 0 aromatic rings. The maximum absolute atomic E-state index is 12.8. The summed E-state index contributed by atoms with van der Waals surface area (Å²) < 4.78 is 43.0. The molecule has 0 radical (unpaired) electrons. The molecule has 0 aliphatic carbocycles. The van der Waals surface area contributed by atoms with E-state index in [0.29, 0.717) is 25.9 Å². The van der Waals surface area contributed by atoms with Gasteiger partial charge < -0.3 is 9.64 Å². The van der Waals surface area contributed by atoms with Crippen LogP contribution in [-0.2, 0) is 9.53 Å². The third-order valence-corrected chi connectivity index (χ3v) is 3.32. The highest BCUT2D eigenvalue weighted by Crippen LogP contribution is 2.37. The molecule has 0 aromatic carbocycles. The van der Waals surface area contributed by atoms with E-state index in [0.717, 1.165) is 0 Å². The Hall–Kier alpha value is -0.780. The van der Waals surface area contributed by atoms with E-state index in [1.165, 1.54) is 14.0 Å². The standard InChI is InChI=1S/C11H18F3NO2/c1-8(16)15-5-3-9(4-6-15)10(7-17-2)11(12,13)14/h9-10H,3-7H2,1-2H3. The number of hydrogen-bond acceptors (Lipinski definition) is 2. The number of rotatable bonds is 3. The number of halogens is 3. The van der Waals surface area contributed by atoms with Gasteiger partial charge in [0.05, 0.1) is 12.5 Å². The van der Waals surface area contributed by atoms with Gasteiger partial charge >= 0.3 is 6.18 Å². The first-order valence-corrected chi connectivity index (χ1v) is 5.67. The van der Waals surface area contributed by atoms with Crippen molar-refractivity contribution in [2.24, 2.45) is 11.8 Å². The number of piperidine rings is 1. The molecule has 1 fully saturated rings. The van der Waals surface area contributed by atoms with E-state index in [1.54, 1.807) is 4.90 Å². The zero-order valence-corrected chi connectivity index (χ0v) is 10.1.